The van der Waals surface area contributed by atoms with Gasteiger partial charge in [-0.2, -0.15) is 10.1 Å². The second-order valence-corrected chi connectivity index (χ2v) is 11.7. The molecule has 6 heterocycles. The molecule has 232 valence electrons. The van der Waals surface area contributed by atoms with Gasteiger partial charge < -0.3 is 19.5 Å². The van der Waals surface area contributed by atoms with Gasteiger partial charge in [-0.1, -0.05) is 19.1 Å². The van der Waals surface area contributed by atoms with Gasteiger partial charge in [-0.3, -0.25) is 4.79 Å². The molecular weight excluding hydrogens is 594 g/mol. The summed E-state index contributed by atoms with van der Waals surface area (Å²) in [5, 5.41) is 7.99. The Balaban J connectivity index is 1.19. The van der Waals surface area contributed by atoms with E-state index < -0.39 is 23.8 Å². The van der Waals surface area contributed by atoms with Crippen LogP contribution in [0.2, 0.25) is 0 Å². The number of benzene rings is 2. The van der Waals surface area contributed by atoms with Crippen LogP contribution in [0, 0.1) is 24.5 Å². The molecule has 2 aliphatic rings. The van der Waals surface area contributed by atoms with Gasteiger partial charge in [-0.05, 0) is 37.1 Å². The fourth-order valence-electron chi connectivity index (χ4n) is 6.45. The monoisotopic (exact) mass is 622 g/mol. The summed E-state index contributed by atoms with van der Waals surface area (Å²) >= 11 is 0. The van der Waals surface area contributed by atoms with Crippen molar-refractivity contribution in [3.63, 3.8) is 0 Å². The van der Waals surface area contributed by atoms with Crippen molar-refractivity contribution in [2.75, 3.05) is 18.0 Å². The Morgan fingerprint density at radius 1 is 1.04 bits per heavy atom. The number of hydrogen-bond donors (Lipinski definition) is 1. The summed E-state index contributed by atoms with van der Waals surface area (Å²) in [5.74, 6) is -0.267. The molecular formula is C32H28F2N10O2. The molecule has 3 atom stereocenters. The molecule has 1 N–H and O–H groups in total. The lowest BCUT2D eigenvalue weighted by Gasteiger charge is -2.25. The van der Waals surface area contributed by atoms with E-state index in [2.05, 4.69) is 36.9 Å². The van der Waals surface area contributed by atoms with Crippen LogP contribution in [0.15, 0.2) is 61.2 Å². The van der Waals surface area contributed by atoms with E-state index in [1.54, 1.807) is 6.20 Å². The first kappa shape index (κ1) is 28.0. The number of hydrogen-bond acceptors (Lipinski definition) is 9. The lowest BCUT2D eigenvalue weighted by atomic mass is 10.1. The van der Waals surface area contributed by atoms with E-state index in [-0.39, 0.29) is 23.5 Å². The zero-order chi connectivity index (χ0) is 31.5. The highest BCUT2D eigenvalue weighted by Crippen LogP contribution is 2.34. The number of amides is 1. The van der Waals surface area contributed by atoms with Crippen molar-refractivity contribution in [2.24, 2.45) is 5.92 Å². The number of aryl methyl sites for hydroxylation is 1. The lowest BCUT2D eigenvalue weighted by Crippen LogP contribution is -2.45. The average molecular weight is 623 g/mol. The maximum absolute atomic E-state index is 14.7. The molecule has 0 aliphatic carbocycles. The number of halogens is 2. The summed E-state index contributed by atoms with van der Waals surface area (Å²) < 4.78 is 38.1. The Morgan fingerprint density at radius 3 is 2.80 bits per heavy atom. The molecule has 46 heavy (non-hydrogen) atoms. The third-order valence-electron chi connectivity index (χ3n) is 8.58. The van der Waals surface area contributed by atoms with Crippen LogP contribution in [-0.4, -0.2) is 70.4 Å². The van der Waals surface area contributed by atoms with Crippen molar-refractivity contribution < 1.29 is 18.3 Å². The van der Waals surface area contributed by atoms with Crippen LogP contribution in [0.3, 0.4) is 0 Å². The second-order valence-electron chi connectivity index (χ2n) is 11.7. The minimum Gasteiger partial charge on any atom is -0.458 e. The van der Waals surface area contributed by atoms with Gasteiger partial charge in [0.2, 0.25) is 5.91 Å². The number of rotatable bonds is 2. The number of para-hydroxylation sites is 1. The first-order valence-corrected chi connectivity index (χ1v) is 15.0. The van der Waals surface area contributed by atoms with E-state index in [0.29, 0.717) is 48.6 Å². The van der Waals surface area contributed by atoms with Gasteiger partial charge in [0.05, 0.1) is 34.9 Å². The molecule has 2 aliphatic heterocycles. The van der Waals surface area contributed by atoms with Gasteiger partial charge in [0, 0.05) is 37.3 Å². The van der Waals surface area contributed by atoms with Gasteiger partial charge in [-0.25, -0.2) is 33.4 Å². The molecule has 8 rings (SSSR count). The third-order valence-corrected chi connectivity index (χ3v) is 8.58. The van der Waals surface area contributed by atoms with Gasteiger partial charge in [-0.15, -0.1) is 0 Å². The predicted molar refractivity (Wildman–Crippen MR) is 164 cm³/mol. The molecule has 14 heteroatoms. The number of anilines is 1. The molecule has 4 bridgehead atoms. The summed E-state index contributed by atoms with van der Waals surface area (Å²) in [6.07, 6.45) is 4.42. The number of ether oxygens (including phenoxy) is 1. The number of nitrogens with zero attached hydrogens (tertiary/aromatic N) is 9. The number of aromatic nitrogens is 8. The number of carbonyl (C=O) groups is 1. The molecule has 1 saturated heterocycles. The van der Waals surface area contributed by atoms with Crippen LogP contribution in [-0.2, 0) is 11.3 Å². The fraction of sp³-hybridized carbons (Fsp3) is 0.281. The standard InChI is InChI=1S/C32H28F2N10O2/c1-17-12-36-31(45)27-11-20(46-32-35-9-8-24(41-32)21-4-3-5-25-28(21)42(14-17)18(2)40-25)15-43(27)29-22-13-39-44(30(22)38-16-37-29)26-7-6-19(33)10-23(26)34/h3-10,13,16-17,20,27H,11-12,14-15H2,1-2H3,(H,36,45)/t17?,20-,27-/m0/s1. The Bertz CT molecular complexity index is 2150. The highest BCUT2D eigenvalue weighted by molar-refractivity contribution is 5.93. The minimum absolute atomic E-state index is 0.0393. The first-order valence-electron chi connectivity index (χ1n) is 15.0. The Kier molecular flexibility index (Phi) is 6.58. The Hall–Kier alpha value is -5.53. The maximum atomic E-state index is 14.7. The van der Waals surface area contributed by atoms with Crippen molar-refractivity contribution in [3.05, 3.63) is 78.6 Å². The number of imidazole rings is 1. The molecule has 1 unspecified atom stereocenters. The minimum atomic E-state index is -0.782. The second kappa shape index (κ2) is 10.8. The quantitative estimate of drug-likeness (QED) is 0.305. The van der Waals surface area contributed by atoms with E-state index in [0.717, 1.165) is 34.6 Å². The molecule has 0 spiro atoms. The molecule has 0 saturated carbocycles. The van der Waals surface area contributed by atoms with Crippen molar-refractivity contribution in [1.29, 1.82) is 0 Å². The maximum Gasteiger partial charge on any atom is 0.317 e. The van der Waals surface area contributed by atoms with Crippen LogP contribution < -0.4 is 15.0 Å². The fourth-order valence-corrected chi connectivity index (χ4v) is 6.45. The summed E-state index contributed by atoms with van der Waals surface area (Å²) in [7, 11) is 0. The van der Waals surface area contributed by atoms with Crippen molar-refractivity contribution in [1.82, 2.24) is 44.6 Å². The summed E-state index contributed by atoms with van der Waals surface area (Å²) in [4.78, 5) is 38.5. The van der Waals surface area contributed by atoms with Crippen molar-refractivity contribution in [2.45, 2.75) is 39.0 Å². The van der Waals surface area contributed by atoms with E-state index in [1.165, 1.54) is 23.3 Å². The van der Waals surface area contributed by atoms with Gasteiger partial charge in [0.15, 0.2) is 11.5 Å². The summed E-state index contributed by atoms with van der Waals surface area (Å²) in [5.41, 5.74) is 3.81. The van der Waals surface area contributed by atoms with Crippen LogP contribution in [0.25, 0.3) is 39.0 Å². The van der Waals surface area contributed by atoms with Gasteiger partial charge in [0.25, 0.3) is 0 Å². The molecule has 1 fully saturated rings. The van der Waals surface area contributed by atoms with Crippen molar-refractivity contribution >= 4 is 33.8 Å². The van der Waals surface area contributed by atoms with Crippen molar-refractivity contribution in [3.8, 4) is 23.0 Å². The molecule has 4 aromatic heterocycles. The van der Waals surface area contributed by atoms with Crippen LogP contribution in [0.1, 0.15) is 19.2 Å². The number of fused-ring (bicyclic) bond motifs is 6. The topological polar surface area (TPSA) is 129 Å². The molecule has 2 aromatic carbocycles. The molecule has 0 radical (unpaired) electrons. The number of nitrogens with one attached hydrogen (secondary N) is 1. The Morgan fingerprint density at radius 2 is 1.93 bits per heavy atom. The lowest BCUT2D eigenvalue weighted by molar-refractivity contribution is -0.122. The van der Waals surface area contributed by atoms with Crippen LogP contribution in [0.4, 0.5) is 14.6 Å². The zero-order valence-corrected chi connectivity index (χ0v) is 24.9. The van der Waals surface area contributed by atoms with E-state index in [1.807, 2.05) is 36.1 Å². The van der Waals surface area contributed by atoms with Gasteiger partial charge >= 0.3 is 6.01 Å². The van der Waals surface area contributed by atoms with E-state index >= 15 is 0 Å². The largest absolute Gasteiger partial charge is 0.458 e. The first-order chi connectivity index (χ1) is 22.3. The molecule has 6 aromatic rings. The van der Waals surface area contributed by atoms with Crippen LogP contribution >= 0.6 is 0 Å². The third kappa shape index (κ3) is 4.68. The van der Waals surface area contributed by atoms with Gasteiger partial charge in [0.1, 0.15) is 41.6 Å². The normalized spacial score (nSPS) is 20.0. The average Bonchev–Trinajstić information content (AvgIpc) is 3.75. The highest BCUT2D eigenvalue weighted by Gasteiger charge is 2.40. The molecule has 12 nitrogen and oxygen atoms in total. The van der Waals surface area contributed by atoms with E-state index in [9.17, 15) is 13.6 Å². The summed E-state index contributed by atoms with van der Waals surface area (Å²) in [6.45, 7) is 5.43. The zero-order valence-electron chi connectivity index (χ0n) is 24.9. The molecule has 1 amide bonds. The summed E-state index contributed by atoms with van der Waals surface area (Å²) in [6, 6.07) is 10.6. The van der Waals surface area contributed by atoms with Crippen LogP contribution in [0.5, 0.6) is 6.01 Å². The smallest absolute Gasteiger partial charge is 0.317 e. The highest BCUT2D eigenvalue weighted by atomic mass is 19.1. The van der Waals surface area contributed by atoms with E-state index in [4.69, 9.17) is 14.7 Å². The Labute approximate surface area is 261 Å². The predicted octanol–water partition coefficient (Wildman–Crippen LogP) is 4.00. The SMILES string of the molecule is Cc1nc2cccc3c2n1CC(C)CNC(=O)[C@@H]1C[C@@H](CN1c1ncnc2c1cnn2-c1ccc(F)cc1F)Oc1nccc-3n1. The number of carbonyl (C=O) groups excluding carboxylic acids is 1.